The van der Waals surface area contributed by atoms with Gasteiger partial charge in [0.05, 0.1) is 14.2 Å². The molecule has 5 nitrogen and oxygen atoms in total. The monoisotopic (exact) mass is 303 g/mol. The summed E-state index contributed by atoms with van der Waals surface area (Å²) in [4.78, 5) is 0. The van der Waals surface area contributed by atoms with Crippen molar-refractivity contribution in [2.45, 2.75) is 13.0 Å². The maximum Gasteiger partial charge on any atom is 0.160 e. The first kappa shape index (κ1) is 16.0. The summed E-state index contributed by atoms with van der Waals surface area (Å²) in [5.74, 6) is 1.49. The smallest absolute Gasteiger partial charge is 0.160 e. The van der Waals surface area contributed by atoms with E-state index in [0.717, 1.165) is 24.1 Å². The molecule has 2 aromatic carbocycles. The Morgan fingerprint density at radius 3 is 2.41 bits per heavy atom. The van der Waals surface area contributed by atoms with Crippen molar-refractivity contribution < 1.29 is 19.7 Å². The number of phenols is 2. The Kier molecular flexibility index (Phi) is 5.49. The molecule has 0 bridgehead atoms. The quantitative estimate of drug-likeness (QED) is 0.685. The van der Waals surface area contributed by atoms with Gasteiger partial charge in [-0.15, -0.1) is 0 Å². The van der Waals surface area contributed by atoms with E-state index in [1.165, 1.54) is 7.11 Å². The lowest BCUT2D eigenvalue weighted by Gasteiger charge is -2.10. The highest BCUT2D eigenvalue weighted by molar-refractivity contribution is 5.42. The predicted molar refractivity (Wildman–Crippen MR) is 84.7 cm³/mol. The van der Waals surface area contributed by atoms with Gasteiger partial charge in [0, 0.05) is 12.6 Å². The minimum Gasteiger partial charge on any atom is -0.508 e. The zero-order chi connectivity index (χ0) is 15.9. The van der Waals surface area contributed by atoms with Crippen LogP contribution in [0.4, 0.5) is 0 Å². The first-order chi connectivity index (χ1) is 10.6. The highest BCUT2D eigenvalue weighted by Gasteiger charge is 2.05. The molecule has 0 unspecified atom stereocenters. The number of ether oxygens (including phenoxy) is 2. The van der Waals surface area contributed by atoms with Crippen molar-refractivity contribution in [2.75, 3.05) is 20.8 Å². The fourth-order valence-corrected chi connectivity index (χ4v) is 2.24. The Hall–Kier alpha value is -2.40. The van der Waals surface area contributed by atoms with Gasteiger partial charge in [0.15, 0.2) is 11.5 Å². The molecule has 0 heterocycles. The molecule has 3 N–H and O–H groups in total. The number of methoxy groups -OCH3 is 2. The summed E-state index contributed by atoms with van der Waals surface area (Å²) in [6.07, 6.45) is 0.783. The van der Waals surface area contributed by atoms with E-state index in [-0.39, 0.29) is 11.5 Å². The van der Waals surface area contributed by atoms with E-state index >= 15 is 0 Å². The Morgan fingerprint density at radius 1 is 0.955 bits per heavy atom. The lowest BCUT2D eigenvalue weighted by atomic mass is 10.1. The predicted octanol–water partition coefficient (Wildman–Crippen LogP) is 2.45. The van der Waals surface area contributed by atoms with E-state index in [1.807, 2.05) is 12.1 Å². The second-order valence-electron chi connectivity index (χ2n) is 4.93. The molecule has 0 saturated carbocycles. The van der Waals surface area contributed by atoms with Gasteiger partial charge >= 0.3 is 0 Å². The van der Waals surface area contributed by atoms with Crippen LogP contribution in [0.1, 0.15) is 11.1 Å². The topological polar surface area (TPSA) is 71.0 Å². The second-order valence-corrected chi connectivity index (χ2v) is 4.93. The highest BCUT2D eigenvalue weighted by atomic mass is 16.5. The Balaban J connectivity index is 1.86. The molecular formula is C17H21NO4. The van der Waals surface area contributed by atoms with E-state index in [1.54, 1.807) is 31.4 Å². The molecular weight excluding hydrogens is 282 g/mol. The van der Waals surface area contributed by atoms with Gasteiger partial charge in [-0.3, -0.25) is 0 Å². The van der Waals surface area contributed by atoms with Crippen molar-refractivity contribution in [1.82, 2.24) is 5.32 Å². The summed E-state index contributed by atoms with van der Waals surface area (Å²) in [5.41, 5.74) is 2.02. The molecule has 0 aromatic heterocycles. The summed E-state index contributed by atoms with van der Waals surface area (Å²) < 4.78 is 10.3. The van der Waals surface area contributed by atoms with Gasteiger partial charge in [0.2, 0.25) is 0 Å². The maximum absolute atomic E-state index is 9.73. The molecule has 0 radical (unpaired) electrons. The normalized spacial score (nSPS) is 10.5. The lowest BCUT2D eigenvalue weighted by Crippen LogP contribution is -2.16. The average Bonchev–Trinajstić information content (AvgIpc) is 2.52. The molecule has 2 aromatic rings. The third kappa shape index (κ3) is 4.05. The van der Waals surface area contributed by atoms with Crippen molar-refractivity contribution in [2.24, 2.45) is 0 Å². The Labute approximate surface area is 130 Å². The van der Waals surface area contributed by atoms with E-state index in [2.05, 4.69) is 5.32 Å². The maximum atomic E-state index is 9.73. The van der Waals surface area contributed by atoms with Crippen LogP contribution in [0.15, 0.2) is 36.4 Å². The van der Waals surface area contributed by atoms with Gasteiger partial charge in [-0.1, -0.05) is 12.1 Å². The van der Waals surface area contributed by atoms with Gasteiger partial charge in [-0.2, -0.15) is 0 Å². The summed E-state index contributed by atoms with van der Waals surface area (Å²) >= 11 is 0. The third-order valence-corrected chi connectivity index (χ3v) is 3.41. The van der Waals surface area contributed by atoms with Gasteiger partial charge in [0.1, 0.15) is 11.5 Å². The van der Waals surface area contributed by atoms with Crippen LogP contribution >= 0.6 is 0 Å². The molecule has 2 rings (SSSR count). The number of benzene rings is 2. The van der Waals surface area contributed by atoms with Crippen LogP contribution in [0.3, 0.4) is 0 Å². The number of nitrogens with one attached hydrogen (secondary N) is 1. The van der Waals surface area contributed by atoms with Crippen LogP contribution in [-0.2, 0) is 13.0 Å². The van der Waals surface area contributed by atoms with Crippen molar-refractivity contribution in [1.29, 1.82) is 0 Å². The van der Waals surface area contributed by atoms with E-state index in [0.29, 0.717) is 18.0 Å². The van der Waals surface area contributed by atoms with Gasteiger partial charge in [-0.25, -0.2) is 0 Å². The minimum absolute atomic E-state index is 0.141. The second kappa shape index (κ2) is 7.56. The average molecular weight is 303 g/mol. The Bertz CT molecular complexity index is 628. The van der Waals surface area contributed by atoms with Crippen LogP contribution in [0.5, 0.6) is 23.0 Å². The number of aromatic hydroxyl groups is 2. The standard InChI is InChI=1S/C17H21NO4/c1-21-16-6-3-12(9-15(16)20)11-18-8-7-13-4-5-14(19)10-17(13)22-2/h3-6,9-10,18-20H,7-8,11H2,1-2H3. The number of hydrogen-bond donors (Lipinski definition) is 3. The molecule has 0 aliphatic carbocycles. The fraction of sp³-hybridized carbons (Fsp3) is 0.294. The van der Waals surface area contributed by atoms with Gasteiger partial charge in [-0.05, 0) is 42.3 Å². The third-order valence-electron chi connectivity index (χ3n) is 3.41. The zero-order valence-corrected chi connectivity index (χ0v) is 12.8. The van der Waals surface area contributed by atoms with E-state index in [4.69, 9.17) is 9.47 Å². The summed E-state index contributed by atoms with van der Waals surface area (Å²) in [5, 5.41) is 22.5. The van der Waals surface area contributed by atoms with Crippen molar-refractivity contribution in [3.8, 4) is 23.0 Å². The molecule has 5 heteroatoms. The lowest BCUT2D eigenvalue weighted by molar-refractivity contribution is 0.373. The number of phenolic OH excluding ortho intramolecular Hbond substituents is 2. The van der Waals surface area contributed by atoms with E-state index < -0.39 is 0 Å². The van der Waals surface area contributed by atoms with Crippen LogP contribution in [0.25, 0.3) is 0 Å². The van der Waals surface area contributed by atoms with Crippen molar-refractivity contribution >= 4 is 0 Å². The molecule has 0 atom stereocenters. The minimum atomic E-state index is 0.141. The summed E-state index contributed by atoms with van der Waals surface area (Å²) in [6.45, 7) is 1.41. The van der Waals surface area contributed by atoms with Crippen LogP contribution < -0.4 is 14.8 Å². The van der Waals surface area contributed by atoms with E-state index in [9.17, 15) is 10.2 Å². The van der Waals surface area contributed by atoms with Gasteiger partial charge in [0.25, 0.3) is 0 Å². The largest absolute Gasteiger partial charge is 0.508 e. The van der Waals surface area contributed by atoms with Crippen LogP contribution in [0, 0.1) is 0 Å². The SMILES string of the molecule is COc1ccc(CNCCc2ccc(O)cc2OC)cc1O. The van der Waals surface area contributed by atoms with Crippen molar-refractivity contribution in [3.63, 3.8) is 0 Å². The zero-order valence-electron chi connectivity index (χ0n) is 12.8. The summed E-state index contributed by atoms with van der Waals surface area (Å²) in [6, 6.07) is 10.5. The number of hydrogen-bond acceptors (Lipinski definition) is 5. The summed E-state index contributed by atoms with van der Waals surface area (Å²) in [7, 11) is 3.11. The molecule has 118 valence electrons. The first-order valence-electron chi connectivity index (χ1n) is 7.06. The highest BCUT2D eigenvalue weighted by Crippen LogP contribution is 2.26. The van der Waals surface area contributed by atoms with Crippen LogP contribution in [-0.4, -0.2) is 31.0 Å². The van der Waals surface area contributed by atoms with Crippen LogP contribution in [0.2, 0.25) is 0 Å². The molecule has 22 heavy (non-hydrogen) atoms. The molecule has 0 amide bonds. The molecule has 0 aliphatic rings. The van der Waals surface area contributed by atoms with Gasteiger partial charge < -0.3 is 25.0 Å². The number of rotatable bonds is 7. The molecule has 0 saturated heterocycles. The first-order valence-corrected chi connectivity index (χ1v) is 7.06. The fourth-order valence-electron chi connectivity index (χ4n) is 2.24. The molecule has 0 spiro atoms. The van der Waals surface area contributed by atoms with Crippen molar-refractivity contribution in [3.05, 3.63) is 47.5 Å². The Morgan fingerprint density at radius 2 is 1.73 bits per heavy atom. The molecule has 0 fully saturated rings. The molecule has 0 aliphatic heterocycles.